The molecule has 0 aliphatic heterocycles. The van der Waals surface area contributed by atoms with Crippen LogP contribution in [0.2, 0.25) is 5.02 Å². The molecule has 0 atom stereocenters. The SMILES string of the molecule is CCOc1cc(/C=N/NC(=O)Cc2cc(C)ccc2C)ccc1OCc1ccccc1Cl. The number of hydrogen-bond donors (Lipinski definition) is 1. The minimum absolute atomic E-state index is 0.167. The number of carbonyl (C=O) groups is 1. The monoisotopic (exact) mass is 450 g/mol. The van der Waals surface area contributed by atoms with E-state index in [0.29, 0.717) is 29.7 Å². The molecule has 0 spiro atoms. The number of benzene rings is 3. The lowest BCUT2D eigenvalue weighted by Gasteiger charge is -2.13. The molecule has 0 saturated heterocycles. The molecule has 32 heavy (non-hydrogen) atoms. The van der Waals surface area contributed by atoms with Gasteiger partial charge in [-0.25, -0.2) is 5.43 Å². The van der Waals surface area contributed by atoms with Crippen LogP contribution in [0.3, 0.4) is 0 Å². The Morgan fingerprint density at radius 3 is 2.59 bits per heavy atom. The predicted octanol–water partition coefficient (Wildman–Crippen LogP) is 5.63. The molecule has 0 aliphatic rings. The van der Waals surface area contributed by atoms with Gasteiger partial charge in [-0.05, 0) is 61.7 Å². The summed E-state index contributed by atoms with van der Waals surface area (Å²) in [6.07, 6.45) is 1.87. The second-order valence-corrected chi connectivity index (χ2v) is 7.83. The number of hydrogen-bond acceptors (Lipinski definition) is 4. The van der Waals surface area contributed by atoms with Crippen molar-refractivity contribution < 1.29 is 14.3 Å². The first kappa shape index (κ1) is 23.4. The third kappa shape index (κ3) is 6.59. The summed E-state index contributed by atoms with van der Waals surface area (Å²) in [6.45, 7) is 6.75. The van der Waals surface area contributed by atoms with Crippen LogP contribution in [0, 0.1) is 13.8 Å². The summed E-state index contributed by atoms with van der Waals surface area (Å²) in [5, 5.41) is 4.75. The molecule has 3 rings (SSSR count). The van der Waals surface area contributed by atoms with Gasteiger partial charge < -0.3 is 9.47 Å². The third-order valence-electron chi connectivity index (χ3n) is 4.87. The molecule has 1 amide bonds. The Kier molecular flexibility index (Phi) is 8.28. The second-order valence-electron chi connectivity index (χ2n) is 7.42. The van der Waals surface area contributed by atoms with Gasteiger partial charge in [-0.2, -0.15) is 5.10 Å². The number of carbonyl (C=O) groups excluding carboxylic acids is 1. The van der Waals surface area contributed by atoms with Crippen molar-refractivity contribution in [2.45, 2.75) is 33.8 Å². The Morgan fingerprint density at radius 2 is 1.81 bits per heavy atom. The largest absolute Gasteiger partial charge is 0.490 e. The van der Waals surface area contributed by atoms with Crippen LogP contribution in [0.5, 0.6) is 11.5 Å². The number of aryl methyl sites for hydroxylation is 2. The van der Waals surface area contributed by atoms with Gasteiger partial charge in [-0.3, -0.25) is 4.79 Å². The van der Waals surface area contributed by atoms with Gasteiger partial charge in [0.15, 0.2) is 11.5 Å². The highest BCUT2D eigenvalue weighted by Crippen LogP contribution is 2.29. The second kappa shape index (κ2) is 11.3. The number of nitrogens with one attached hydrogen (secondary N) is 1. The Labute approximate surface area is 194 Å². The Morgan fingerprint density at radius 1 is 1.00 bits per heavy atom. The van der Waals surface area contributed by atoms with Crippen LogP contribution in [0.15, 0.2) is 65.8 Å². The molecule has 0 saturated carbocycles. The van der Waals surface area contributed by atoms with Gasteiger partial charge in [-0.1, -0.05) is 53.6 Å². The number of hydrazone groups is 1. The summed E-state index contributed by atoms with van der Waals surface area (Å²) < 4.78 is 11.6. The van der Waals surface area contributed by atoms with Crippen LogP contribution in [-0.4, -0.2) is 18.7 Å². The topological polar surface area (TPSA) is 59.9 Å². The number of ether oxygens (including phenoxy) is 2. The van der Waals surface area contributed by atoms with Crippen LogP contribution < -0.4 is 14.9 Å². The predicted molar refractivity (Wildman–Crippen MR) is 129 cm³/mol. The van der Waals surface area contributed by atoms with E-state index in [4.69, 9.17) is 21.1 Å². The number of halogens is 1. The van der Waals surface area contributed by atoms with Crippen LogP contribution in [0.4, 0.5) is 0 Å². The summed E-state index contributed by atoms with van der Waals surface area (Å²) in [4.78, 5) is 12.3. The zero-order valence-electron chi connectivity index (χ0n) is 18.5. The van der Waals surface area contributed by atoms with Crippen molar-refractivity contribution in [3.8, 4) is 11.5 Å². The molecule has 6 heteroatoms. The molecular formula is C26H27ClN2O3. The lowest BCUT2D eigenvalue weighted by molar-refractivity contribution is -0.120. The van der Waals surface area contributed by atoms with Crippen LogP contribution in [-0.2, 0) is 17.8 Å². The first-order valence-corrected chi connectivity index (χ1v) is 10.8. The highest BCUT2D eigenvalue weighted by Gasteiger charge is 2.09. The maximum atomic E-state index is 12.3. The highest BCUT2D eigenvalue weighted by molar-refractivity contribution is 6.31. The Bertz CT molecular complexity index is 1110. The van der Waals surface area contributed by atoms with E-state index in [9.17, 15) is 4.79 Å². The smallest absolute Gasteiger partial charge is 0.244 e. The molecule has 3 aromatic carbocycles. The first-order valence-electron chi connectivity index (χ1n) is 10.5. The Hall–Kier alpha value is -3.31. The minimum atomic E-state index is -0.167. The molecule has 166 valence electrons. The summed E-state index contributed by atoms with van der Waals surface area (Å²) in [7, 11) is 0. The van der Waals surface area contributed by atoms with E-state index in [-0.39, 0.29) is 12.3 Å². The fourth-order valence-electron chi connectivity index (χ4n) is 3.15. The van der Waals surface area contributed by atoms with E-state index in [2.05, 4.69) is 10.5 Å². The number of amides is 1. The number of rotatable bonds is 9. The van der Waals surface area contributed by atoms with E-state index in [1.165, 1.54) is 0 Å². The lowest BCUT2D eigenvalue weighted by Crippen LogP contribution is -2.20. The Balaban J connectivity index is 1.63. The molecular weight excluding hydrogens is 424 g/mol. The van der Waals surface area contributed by atoms with Gasteiger partial charge in [0.25, 0.3) is 0 Å². The van der Waals surface area contributed by atoms with Crippen molar-refractivity contribution in [2.75, 3.05) is 6.61 Å². The van der Waals surface area contributed by atoms with E-state index in [1.807, 2.05) is 81.4 Å². The summed E-state index contributed by atoms with van der Waals surface area (Å²) in [5.41, 5.74) is 7.48. The molecule has 0 aliphatic carbocycles. The average molecular weight is 451 g/mol. The first-order chi connectivity index (χ1) is 15.5. The summed E-state index contributed by atoms with van der Waals surface area (Å²) >= 11 is 6.20. The van der Waals surface area contributed by atoms with Crippen LogP contribution in [0.1, 0.15) is 34.7 Å². The summed E-state index contributed by atoms with van der Waals surface area (Å²) in [6, 6.07) is 19.1. The number of nitrogens with zero attached hydrogens (tertiary/aromatic N) is 1. The molecule has 0 bridgehead atoms. The molecule has 5 nitrogen and oxygen atoms in total. The fraction of sp³-hybridized carbons (Fsp3) is 0.231. The maximum Gasteiger partial charge on any atom is 0.244 e. The summed E-state index contributed by atoms with van der Waals surface area (Å²) in [5.74, 6) is 1.05. The molecule has 0 radical (unpaired) electrons. The van der Waals surface area contributed by atoms with E-state index in [1.54, 1.807) is 6.21 Å². The maximum absolute atomic E-state index is 12.3. The molecule has 0 heterocycles. The van der Waals surface area contributed by atoms with Crippen LogP contribution in [0.25, 0.3) is 0 Å². The third-order valence-corrected chi connectivity index (χ3v) is 5.24. The van der Waals surface area contributed by atoms with Crippen molar-refractivity contribution >= 4 is 23.7 Å². The molecule has 0 unspecified atom stereocenters. The van der Waals surface area contributed by atoms with Gasteiger partial charge in [0.2, 0.25) is 5.91 Å². The van der Waals surface area contributed by atoms with Crippen molar-refractivity contribution in [3.63, 3.8) is 0 Å². The minimum Gasteiger partial charge on any atom is -0.490 e. The molecule has 3 aromatic rings. The zero-order chi connectivity index (χ0) is 22.9. The zero-order valence-corrected chi connectivity index (χ0v) is 19.3. The molecule has 0 aromatic heterocycles. The normalized spacial score (nSPS) is 10.9. The van der Waals surface area contributed by atoms with E-state index < -0.39 is 0 Å². The van der Waals surface area contributed by atoms with Crippen molar-refractivity contribution in [2.24, 2.45) is 5.10 Å². The quantitative estimate of drug-likeness (QED) is 0.339. The van der Waals surface area contributed by atoms with Crippen molar-refractivity contribution in [1.82, 2.24) is 5.43 Å². The van der Waals surface area contributed by atoms with Gasteiger partial charge in [0, 0.05) is 10.6 Å². The fourth-order valence-corrected chi connectivity index (χ4v) is 3.34. The lowest BCUT2D eigenvalue weighted by atomic mass is 10.0. The standard InChI is InChI=1S/C26H27ClN2O3/c1-4-31-25-14-20(11-12-24(25)32-17-21-7-5-6-8-23(21)27)16-28-29-26(30)15-22-13-18(2)9-10-19(22)3/h5-14,16H,4,15,17H2,1-3H3,(H,29,30)/b28-16+. The van der Waals surface area contributed by atoms with Crippen molar-refractivity contribution in [1.29, 1.82) is 0 Å². The average Bonchev–Trinajstić information content (AvgIpc) is 2.77. The van der Waals surface area contributed by atoms with Crippen molar-refractivity contribution in [3.05, 3.63) is 93.5 Å². The molecule has 1 N–H and O–H groups in total. The molecule has 0 fully saturated rings. The van der Waals surface area contributed by atoms with Gasteiger partial charge in [-0.15, -0.1) is 0 Å². The van der Waals surface area contributed by atoms with Crippen LogP contribution >= 0.6 is 11.6 Å². The van der Waals surface area contributed by atoms with E-state index in [0.717, 1.165) is 27.8 Å². The van der Waals surface area contributed by atoms with Gasteiger partial charge in [0.1, 0.15) is 6.61 Å². The van der Waals surface area contributed by atoms with Gasteiger partial charge >= 0.3 is 0 Å². The van der Waals surface area contributed by atoms with Gasteiger partial charge in [0.05, 0.1) is 19.2 Å². The highest BCUT2D eigenvalue weighted by atomic mass is 35.5. The van der Waals surface area contributed by atoms with E-state index >= 15 is 0 Å².